The van der Waals surface area contributed by atoms with Crippen LogP contribution in [0.1, 0.15) is 19.8 Å². The summed E-state index contributed by atoms with van der Waals surface area (Å²) in [6.45, 7) is 3.38. The molecule has 1 rings (SSSR count). The standard InChI is InChI=1S/C9H15BrN2/c1-9(2-4-10)3-6-12-7-5-11-8-12/h5,7-9H,2-4,6H2,1H3. The Morgan fingerprint density at radius 1 is 1.50 bits per heavy atom. The molecule has 0 aliphatic heterocycles. The molecule has 1 unspecified atom stereocenters. The molecular formula is C9H15BrN2. The van der Waals surface area contributed by atoms with Crippen LogP contribution in [0.15, 0.2) is 18.7 Å². The van der Waals surface area contributed by atoms with Crippen LogP contribution in [0.4, 0.5) is 0 Å². The van der Waals surface area contributed by atoms with Crippen LogP contribution in [-0.2, 0) is 6.54 Å². The molecule has 0 spiro atoms. The van der Waals surface area contributed by atoms with Gasteiger partial charge in [0.2, 0.25) is 0 Å². The molecule has 1 atom stereocenters. The molecule has 3 heteroatoms. The lowest BCUT2D eigenvalue weighted by atomic mass is 10.1. The molecule has 2 nitrogen and oxygen atoms in total. The summed E-state index contributed by atoms with van der Waals surface area (Å²) in [6.07, 6.45) is 8.22. The van der Waals surface area contributed by atoms with Crippen molar-refractivity contribution in [1.82, 2.24) is 9.55 Å². The van der Waals surface area contributed by atoms with Crippen LogP contribution in [-0.4, -0.2) is 14.9 Å². The maximum Gasteiger partial charge on any atom is 0.0945 e. The molecule has 0 fully saturated rings. The highest BCUT2D eigenvalue weighted by Gasteiger charge is 2.00. The highest BCUT2D eigenvalue weighted by Crippen LogP contribution is 2.10. The number of hydrogen-bond donors (Lipinski definition) is 0. The van der Waals surface area contributed by atoms with Crippen molar-refractivity contribution in [1.29, 1.82) is 0 Å². The Morgan fingerprint density at radius 2 is 2.33 bits per heavy atom. The van der Waals surface area contributed by atoms with E-state index in [0.29, 0.717) is 0 Å². The first-order valence-corrected chi connectivity index (χ1v) is 5.46. The lowest BCUT2D eigenvalue weighted by molar-refractivity contribution is 0.472. The third-order valence-corrected chi connectivity index (χ3v) is 2.50. The number of aryl methyl sites for hydroxylation is 1. The van der Waals surface area contributed by atoms with E-state index in [4.69, 9.17) is 0 Å². The number of hydrogen-bond acceptors (Lipinski definition) is 1. The lowest BCUT2D eigenvalue weighted by Gasteiger charge is -2.08. The van der Waals surface area contributed by atoms with E-state index in [2.05, 4.69) is 32.4 Å². The normalized spacial score (nSPS) is 13.2. The molecule has 0 amide bonds. The van der Waals surface area contributed by atoms with Crippen molar-refractivity contribution in [3.63, 3.8) is 0 Å². The fourth-order valence-electron chi connectivity index (χ4n) is 1.12. The minimum Gasteiger partial charge on any atom is -0.337 e. The van der Waals surface area contributed by atoms with E-state index < -0.39 is 0 Å². The van der Waals surface area contributed by atoms with E-state index in [-0.39, 0.29) is 0 Å². The summed E-state index contributed by atoms with van der Waals surface area (Å²) in [5.41, 5.74) is 0. The van der Waals surface area contributed by atoms with Gasteiger partial charge in [-0.3, -0.25) is 0 Å². The molecule has 1 aromatic heterocycles. The minimum atomic E-state index is 0.798. The fraction of sp³-hybridized carbons (Fsp3) is 0.667. The smallest absolute Gasteiger partial charge is 0.0945 e. The molecule has 0 aromatic carbocycles. The average Bonchev–Trinajstić information content (AvgIpc) is 2.53. The zero-order valence-electron chi connectivity index (χ0n) is 7.41. The zero-order valence-corrected chi connectivity index (χ0v) is 9.00. The van der Waals surface area contributed by atoms with Crippen LogP contribution in [0, 0.1) is 5.92 Å². The molecule has 0 radical (unpaired) electrons. The largest absolute Gasteiger partial charge is 0.337 e. The van der Waals surface area contributed by atoms with E-state index in [1.54, 1.807) is 0 Å². The molecule has 68 valence electrons. The third kappa shape index (κ3) is 3.39. The highest BCUT2D eigenvalue weighted by atomic mass is 79.9. The quantitative estimate of drug-likeness (QED) is 0.712. The van der Waals surface area contributed by atoms with Gasteiger partial charge in [-0.05, 0) is 18.8 Å². The molecular weight excluding hydrogens is 216 g/mol. The van der Waals surface area contributed by atoms with Gasteiger partial charge in [0.25, 0.3) is 0 Å². The minimum absolute atomic E-state index is 0.798. The van der Waals surface area contributed by atoms with E-state index in [1.807, 2.05) is 18.7 Å². The zero-order chi connectivity index (χ0) is 8.81. The molecule has 0 saturated carbocycles. The first-order chi connectivity index (χ1) is 5.83. The van der Waals surface area contributed by atoms with Gasteiger partial charge in [0.15, 0.2) is 0 Å². The second kappa shape index (κ2) is 5.36. The van der Waals surface area contributed by atoms with Crippen molar-refractivity contribution in [2.45, 2.75) is 26.3 Å². The molecule has 1 aromatic rings. The SMILES string of the molecule is CC(CCBr)CCn1ccnc1. The molecule has 0 aliphatic carbocycles. The van der Waals surface area contributed by atoms with Gasteiger partial charge < -0.3 is 4.57 Å². The predicted molar refractivity (Wildman–Crippen MR) is 54.4 cm³/mol. The van der Waals surface area contributed by atoms with Crippen LogP contribution in [0.5, 0.6) is 0 Å². The number of imidazole rings is 1. The van der Waals surface area contributed by atoms with Gasteiger partial charge in [-0.25, -0.2) is 4.98 Å². The Kier molecular flexibility index (Phi) is 4.36. The maximum atomic E-state index is 4.00. The second-order valence-corrected chi connectivity index (χ2v) is 3.97. The summed E-state index contributed by atoms with van der Waals surface area (Å²) in [4.78, 5) is 4.00. The van der Waals surface area contributed by atoms with Crippen molar-refractivity contribution in [2.75, 3.05) is 5.33 Å². The second-order valence-electron chi connectivity index (χ2n) is 3.17. The third-order valence-electron chi connectivity index (χ3n) is 2.04. The van der Waals surface area contributed by atoms with Crippen molar-refractivity contribution in [3.8, 4) is 0 Å². The lowest BCUT2D eigenvalue weighted by Crippen LogP contribution is -2.02. The first kappa shape index (κ1) is 9.78. The topological polar surface area (TPSA) is 17.8 Å². The summed E-state index contributed by atoms with van der Waals surface area (Å²) in [5.74, 6) is 0.798. The average molecular weight is 231 g/mol. The van der Waals surface area contributed by atoms with Crippen molar-refractivity contribution < 1.29 is 0 Å². The van der Waals surface area contributed by atoms with Crippen molar-refractivity contribution >= 4 is 15.9 Å². The summed E-state index contributed by atoms with van der Waals surface area (Å²) in [7, 11) is 0. The Labute approximate surface area is 82.1 Å². The predicted octanol–water partition coefficient (Wildman–Crippen LogP) is 2.69. The van der Waals surface area contributed by atoms with E-state index in [0.717, 1.165) is 17.8 Å². The Morgan fingerprint density at radius 3 is 2.92 bits per heavy atom. The Balaban J connectivity index is 2.17. The molecule has 0 saturated heterocycles. The molecule has 0 aliphatic rings. The van der Waals surface area contributed by atoms with Gasteiger partial charge in [-0.2, -0.15) is 0 Å². The Hall–Kier alpha value is -0.310. The summed E-state index contributed by atoms with van der Waals surface area (Å²) in [5, 5.41) is 1.11. The monoisotopic (exact) mass is 230 g/mol. The number of halogens is 1. The highest BCUT2D eigenvalue weighted by molar-refractivity contribution is 9.09. The van der Waals surface area contributed by atoms with E-state index in [9.17, 15) is 0 Å². The first-order valence-electron chi connectivity index (χ1n) is 4.34. The number of nitrogens with zero attached hydrogens (tertiary/aromatic N) is 2. The van der Waals surface area contributed by atoms with Gasteiger partial charge >= 0.3 is 0 Å². The van der Waals surface area contributed by atoms with Crippen LogP contribution in [0.3, 0.4) is 0 Å². The molecule has 1 heterocycles. The van der Waals surface area contributed by atoms with Gasteiger partial charge in [0, 0.05) is 24.3 Å². The van der Waals surface area contributed by atoms with Gasteiger partial charge in [0.05, 0.1) is 6.33 Å². The number of aromatic nitrogens is 2. The van der Waals surface area contributed by atoms with E-state index in [1.165, 1.54) is 12.8 Å². The van der Waals surface area contributed by atoms with Crippen molar-refractivity contribution in [3.05, 3.63) is 18.7 Å². The summed E-state index contributed by atoms with van der Waals surface area (Å²) in [6, 6.07) is 0. The number of alkyl halides is 1. The van der Waals surface area contributed by atoms with Crippen LogP contribution < -0.4 is 0 Å². The number of rotatable bonds is 5. The maximum absolute atomic E-state index is 4.00. The van der Waals surface area contributed by atoms with Crippen LogP contribution in [0.2, 0.25) is 0 Å². The van der Waals surface area contributed by atoms with Crippen LogP contribution in [0.25, 0.3) is 0 Å². The van der Waals surface area contributed by atoms with Crippen LogP contribution >= 0.6 is 15.9 Å². The summed E-state index contributed by atoms with van der Waals surface area (Å²) < 4.78 is 2.13. The van der Waals surface area contributed by atoms with Gasteiger partial charge in [0.1, 0.15) is 0 Å². The summed E-state index contributed by atoms with van der Waals surface area (Å²) >= 11 is 3.45. The van der Waals surface area contributed by atoms with E-state index >= 15 is 0 Å². The van der Waals surface area contributed by atoms with Gasteiger partial charge in [-0.15, -0.1) is 0 Å². The fourth-order valence-corrected chi connectivity index (χ4v) is 1.90. The van der Waals surface area contributed by atoms with Crippen molar-refractivity contribution in [2.24, 2.45) is 5.92 Å². The Bertz CT molecular complexity index is 196. The molecule has 0 N–H and O–H groups in total. The van der Waals surface area contributed by atoms with Gasteiger partial charge in [-0.1, -0.05) is 22.9 Å². The molecule has 0 bridgehead atoms. The molecule has 12 heavy (non-hydrogen) atoms.